The van der Waals surface area contributed by atoms with Gasteiger partial charge in [-0.3, -0.25) is 4.79 Å². The Morgan fingerprint density at radius 1 is 1.43 bits per heavy atom. The van der Waals surface area contributed by atoms with E-state index in [-0.39, 0.29) is 5.91 Å². The van der Waals surface area contributed by atoms with Gasteiger partial charge in [-0.1, -0.05) is 17.7 Å². The fraction of sp³-hybridized carbons (Fsp3) is 0.364. The first kappa shape index (κ1) is 9.53. The van der Waals surface area contributed by atoms with Crippen molar-refractivity contribution in [3.05, 3.63) is 34.3 Å². The molecule has 0 aromatic heterocycles. The average Bonchev–Trinajstić information content (AvgIpc) is 2.06. The maximum absolute atomic E-state index is 11.8. The Morgan fingerprint density at radius 3 is 2.64 bits per heavy atom. The number of hydrogen-bond acceptors (Lipinski definition) is 1. The van der Waals surface area contributed by atoms with Crippen molar-refractivity contribution in [3.63, 3.8) is 0 Å². The van der Waals surface area contributed by atoms with Gasteiger partial charge in [-0.2, -0.15) is 0 Å². The lowest BCUT2D eigenvalue weighted by molar-refractivity contribution is 0.0652. The largest absolute Gasteiger partial charge is 0.339 e. The van der Waals surface area contributed by atoms with Gasteiger partial charge in [-0.15, -0.1) is 0 Å². The van der Waals surface area contributed by atoms with Gasteiger partial charge in [-0.25, -0.2) is 0 Å². The van der Waals surface area contributed by atoms with Gasteiger partial charge in [0, 0.05) is 23.7 Å². The molecule has 1 aromatic carbocycles. The standard InChI is InChI=1S/C11H12ClNO/c1-8-3-4-9(7-10(8)12)11(14)13-5-2-6-13/h3-4,7H,2,5-6H2,1H3. The Hall–Kier alpha value is -1.02. The summed E-state index contributed by atoms with van der Waals surface area (Å²) < 4.78 is 0. The molecule has 0 atom stereocenters. The molecule has 2 nitrogen and oxygen atoms in total. The third-order valence-corrected chi connectivity index (χ3v) is 2.97. The average molecular weight is 210 g/mol. The van der Waals surface area contributed by atoms with E-state index in [0.717, 1.165) is 25.1 Å². The molecule has 1 heterocycles. The van der Waals surface area contributed by atoms with E-state index in [1.807, 2.05) is 24.0 Å². The molecule has 1 aliphatic heterocycles. The predicted octanol–water partition coefficient (Wildman–Crippen LogP) is 2.49. The summed E-state index contributed by atoms with van der Waals surface area (Å²) in [7, 11) is 0. The molecule has 0 bridgehead atoms. The van der Waals surface area contributed by atoms with Crippen LogP contribution in [-0.4, -0.2) is 23.9 Å². The Kier molecular flexibility index (Phi) is 2.46. The van der Waals surface area contributed by atoms with Crippen molar-refractivity contribution in [3.8, 4) is 0 Å². The highest BCUT2D eigenvalue weighted by molar-refractivity contribution is 6.31. The second kappa shape index (κ2) is 3.62. The van der Waals surface area contributed by atoms with Crippen LogP contribution in [0.4, 0.5) is 0 Å². The summed E-state index contributed by atoms with van der Waals surface area (Å²) in [6, 6.07) is 5.47. The monoisotopic (exact) mass is 209 g/mol. The van der Waals surface area contributed by atoms with Crippen LogP contribution in [0.3, 0.4) is 0 Å². The highest BCUT2D eigenvalue weighted by atomic mass is 35.5. The Labute approximate surface area is 88.5 Å². The summed E-state index contributed by atoms with van der Waals surface area (Å²) in [5.41, 5.74) is 1.70. The summed E-state index contributed by atoms with van der Waals surface area (Å²) in [6.07, 6.45) is 1.12. The molecular formula is C11H12ClNO. The molecule has 74 valence electrons. The van der Waals surface area contributed by atoms with Gasteiger partial charge in [0.05, 0.1) is 0 Å². The predicted molar refractivity (Wildman–Crippen MR) is 56.7 cm³/mol. The zero-order chi connectivity index (χ0) is 10.1. The van der Waals surface area contributed by atoms with Crippen LogP contribution in [0.25, 0.3) is 0 Å². The molecule has 0 spiro atoms. The van der Waals surface area contributed by atoms with Gasteiger partial charge in [0.25, 0.3) is 5.91 Å². The van der Waals surface area contributed by atoms with E-state index in [4.69, 9.17) is 11.6 Å². The fourth-order valence-corrected chi connectivity index (χ4v) is 1.61. The molecule has 0 saturated carbocycles. The van der Waals surface area contributed by atoms with Crippen molar-refractivity contribution >= 4 is 17.5 Å². The maximum Gasteiger partial charge on any atom is 0.253 e. The molecule has 1 aliphatic rings. The van der Waals surface area contributed by atoms with Crippen LogP contribution < -0.4 is 0 Å². The lowest BCUT2D eigenvalue weighted by Crippen LogP contribution is -2.42. The smallest absolute Gasteiger partial charge is 0.253 e. The van der Waals surface area contributed by atoms with Crippen LogP contribution in [0.1, 0.15) is 22.3 Å². The molecule has 0 aliphatic carbocycles. The molecule has 0 radical (unpaired) electrons. The van der Waals surface area contributed by atoms with Crippen molar-refractivity contribution in [2.75, 3.05) is 13.1 Å². The molecule has 14 heavy (non-hydrogen) atoms. The SMILES string of the molecule is Cc1ccc(C(=O)N2CCC2)cc1Cl. The van der Waals surface area contributed by atoms with Crippen LogP contribution in [0.15, 0.2) is 18.2 Å². The van der Waals surface area contributed by atoms with Crippen molar-refractivity contribution in [1.82, 2.24) is 4.90 Å². The van der Waals surface area contributed by atoms with E-state index in [1.165, 1.54) is 0 Å². The highest BCUT2D eigenvalue weighted by Crippen LogP contribution is 2.19. The number of rotatable bonds is 1. The normalized spacial score (nSPS) is 15.1. The van der Waals surface area contributed by atoms with E-state index in [2.05, 4.69) is 0 Å². The Bertz CT molecular complexity index is 372. The summed E-state index contributed by atoms with van der Waals surface area (Å²) in [5.74, 6) is 0.0955. The van der Waals surface area contributed by atoms with Crippen LogP contribution in [-0.2, 0) is 0 Å². The number of carbonyl (C=O) groups excluding carboxylic acids is 1. The summed E-state index contributed by atoms with van der Waals surface area (Å²) >= 11 is 5.95. The second-order valence-corrected chi connectivity index (χ2v) is 4.02. The molecule has 0 N–H and O–H groups in total. The minimum atomic E-state index is 0.0955. The molecule has 1 fully saturated rings. The number of benzene rings is 1. The molecule has 0 unspecified atom stereocenters. The topological polar surface area (TPSA) is 20.3 Å². The lowest BCUT2D eigenvalue weighted by Gasteiger charge is -2.30. The number of amides is 1. The third-order valence-electron chi connectivity index (χ3n) is 2.56. The number of aryl methyl sites for hydroxylation is 1. The second-order valence-electron chi connectivity index (χ2n) is 3.61. The summed E-state index contributed by atoms with van der Waals surface area (Å²) in [6.45, 7) is 3.69. The highest BCUT2D eigenvalue weighted by Gasteiger charge is 2.21. The van der Waals surface area contributed by atoms with E-state index in [1.54, 1.807) is 6.07 Å². The van der Waals surface area contributed by atoms with Crippen LogP contribution in [0.5, 0.6) is 0 Å². The lowest BCUT2D eigenvalue weighted by atomic mass is 10.1. The quantitative estimate of drug-likeness (QED) is 0.696. The van der Waals surface area contributed by atoms with Gasteiger partial charge in [0.1, 0.15) is 0 Å². The number of likely N-dealkylation sites (tertiary alicyclic amines) is 1. The molecule has 1 amide bonds. The van der Waals surface area contributed by atoms with Crippen molar-refractivity contribution < 1.29 is 4.79 Å². The van der Waals surface area contributed by atoms with E-state index < -0.39 is 0 Å². The minimum Gasteiger partial charge on any atom is -0.339 e. The van der Waals surface area contributed by atoms with Gasteiger partial charge in [0.2, 0.25) is 0 Å². The molecular weight excluding hydrogens is 198 g/mol. The summed E-state index contributed by atoms with van der Waals surface area (Å²) in [4.78, 5) is 13.6. The first-order valence-electron chi connectivity index (χ1n) is 4.74. The van der Waals surface area contributed by atoms with E-state index >= 15 is 0 Å². The van der Waals surface area contributed by atoms with Crippen LogP contribution in [0.2, 0.25) is 5.02 Å². The first-order chi connectivity index (χ1) is 6.68. The number of nitrogens with zero attached hydrogens (tertiary/aromatic N) is 1. The number of halogens is 1. The van der Waals surface area contributed by atoms with E-state index in [9.17, 15) is 4.79 Å². The maximum atomic E-state index is 11.8. The fourth-order valence-electron chi connectivity index (χ4n) is 1.43. The molecule has 3 heteroatoms. The van der Waals surface area contributed by atoms with Gasteiger partial charge >= 0.3 is 0 Å². The Morgan fingerprint density at radius 2 is 2.14 bits per heavy atom. The van der Waals surface area contributed by atoms with Crippen LogP contribution in [0, 0.1) is 6.92 Å². The Balaban J connectivity index is 2.23. The van der Waals surface area contributed by atoms with Crippen molar-refractivity contribution in [2.24, 2.45) is 0 Å². The van der Waals surface area contributed by atoms with Crippen molar-refractivity contribution in [2.45, 2.75) is 13.3 Å². The molecule has 1 aromatic rings. The van der Waals surface area contributed by atoms with Gasteiger partial charge in [0.15, 0.2) is 0 Å². The number of carbonyl (C=O) groups is 1. The minimum absolute atomic E-state index is 0.0955. The van der Waals surface area contributed by atoms with E-state index in [0.29, 0.717) is 10.6 Å². The summed E-state index contributed by atoms with van der Waals surface area (Å²) in [5, 5.41) is 0.663. The first-order valence-corrected chi connectivity index (χ1v) is 5.12. The van der Waals surface area contributed by atoms with Gasteiger partial charge < -0.3 is 4.90 Å². The zero-order valence-corrected chi connectivity index (χ0v) is 8.84. The molecule has 1 saturated heterocycles. The zero-order valence-electron chi connectivity index (χ0n) is 8.09. The third kappa shape index (κ3) is 1.62. The van der Waals surface area contributed by atoms with Crippen molar-refractivity contribution in [1.29, 1.82) is 0 Å². The van der Waals surface area contributed by atoms with Gasteiger partial charge in [-0.05, 0) is 31.0 Å². The molecule has 2 rings (SSSR count). The number of hydrogen-bond donors (Lipinski definition) is 0. The van der Waals surface area contributed by atoms with Crippen LogP contribution >= 0.6 is 11.6 Å².